The first-order valence-electron chi connectivity index (χ1n) is 4.92. The van der Waals surface area contributed by atoms with Crippen LogP contribution in [0, 0.1) is 10.6 Å². The van der Waals surface area contributed by atoms with Gasteiger partial charge in [0.05, 0.1) is 4.47 Å². The van der Waals surface area contributed by atoms with Crippen LogP contribution in [0.15, 0.2) is 10.7 Å². The molecule has 1 atom stereocenters. The van der Waals surface area contributed by atoms with Crippen LogP contribution in [0.25, 0.3) is 0 Å². The van der Waals surface area contributed by atoms with Gasteiger partial charge in [0.15, 0.2) is 0 Å². The van der Waals surface area contributed by atoms with Gasteiger partial charge in [0, 0.05) is 12.8 Å². The van der Waals surface area contributed by atoms with Gasteiger partial charge in [0.25, 0.3) is 0 Å². The van der Waals surface area contributed by atoms with Gasteiger partial charge in [-0.05, 0) is 28.8 Å². The van der Waals surface area contributed by atoms with Crippen molar-refractivity contribution in [1.29, 1.82) is 0 Å². The maximum atomic E-state index is 5.63. The van der Waals surface area contributed by atoms with E-state index in [0.29, 0.717) is 17.2 Å². The molecule has 1 aromatic heterocycles. The van der Waals surface area contributed by atoms with Crippen molar-refractivity contribution in [2.24, 2.45) is 5.92 Å². The molecule has 0 aliphatic carbocycles. The smallest absolute Gasteiger partial charge is 0.136 e. The average molecular weight is 291 g/mol. The third-order valence-corrected chi connectivity index (χ3v) is 3.18. The van der Waals surface area contributed by atoms with E-state index in [4.69, 9.17) is 17.0 Å². The minimum Gasteiger partial charge on any atom is -0.370 e. The molecular weight excluding hydrogens is 276 g/mol. The number of rotatable bonds is 4. The first-order valence-corrected chi connectivity index (χ1v) is 6.12. The fourth-order valence-corrected chi connectivity index (χ4v) is 1.66. The van der Waals surface area contributed by atoms with Crippen molar-refractivity contribution in [3.8, 4) is 0 Å². The quantitative estimate of drug-likeness (QED) is 0.861. The van der Waals surface area contributed by atoms with Crippen LogP contribution in [-0.2, 0) is 4.74 Å². The number of aromatic nitrogens is 2. The lowest BCUT2D eigenvalue weighted by Gasteiger charge is -2.19. The standard InChI is InChI=1S/C10H15BrN2OS/c1-4-14-8(6(2)3)9-12-5-7(11)10(15)13-9/h5-6,8H,4H2,1-3H3,(H,12,13,15). The summed E-state index contributed by atoms with van der Waals surface area (Å²) in [6.45, 7) is 6.84. The van der Waals surface area contributed by atoms with Crippen molar-refractivity contribution in [3.63, 3.8) is 0 Å². The van der Waals surface area contributed by atoms with Crippen molar-refractivity contribution >= 4 is 28.1 Å². The Labute approximate surface area is 103 Å². The highest BCUT2D eigenvalue weighted by molar-refractivity contribution is 9.10. The van der Waals surface area contributed by atoms with Gasteiger partial charge in [-0.1, -0.05) is 26.1 Å². The lowest BCUT2D eigenvalue weighted by atomic mass is 10.1. The Balaban J connectivity index is 3.01. The Morgan fingerprint density at radius 3 is 2.73 bits per heavy atom. The number of aromatic amines is 1. The first-order chi connectivity index (χ1) is 7.06. The van der Waals surface area contributed by atoms with Crippen LogP contribution in [0.5, 0.6) is 0 Å². The lowest BCUT2D eigenvalue weighted by Crippen LogP contribution is -2.14. The van der Waals surface area contributed by atoms with Gasteiger partial charge < -0.3 is 9.72 Å². The summed E-state index contributed by atoms with van der Waals surface area (Å²) in [5.41, 5.74) is 0. The number of hydrogen-bond acceptors (Lipinski definition) is 3. The Morgan fingerprint density at radius 2 is 2.27 bits per heavy atom. The van der Waals surface area contributed by atoms with E-state index in [1.807, 2.05) is 6.92 Å². The van der Waals surface area contributed by atoms with Crippen LogP contribution in [0.3, 0.4) is 0 Å². The molecule has 15 heavy (non-hydrogen) atoms. The zero-order valence-electron chi connectivity index (χ0n) is 9.08. The van der Waals surface area contributed by atoms with Crippen LogP contribution in [0.2, 0.25) is 0 Å². The Morgan fingerprint density at radius 1 is 1.60 bits per heavy atom. The molecule has 1 heterocycles. The molecule has 0 radical (unpaired) electrons. The van der Waals surface area contributed by atoms with Gasteiger partial charge in [0.2, 0.25) is 0 Å². The normalized spacial score (nSPS) is 13.1. The highest BCUT2D eigenvalue weighted by atomic mass is 79.9. The van der Waals surface area contributed by atoms with E-state index >= 15 is 0 Å². The minimum atomic E-state index is -0.0233. The highest BCUT2D eigenvalue weighted by Gasteiger charge is 2.18. The van der Waals surface area contributed by atoms with Crippen LogP contribution in [0.1, 0.15) is 32.7 Å². The molecule has 3 nitrogen and oxygen atoms in total. The minimum absolute atomic E-state index is 0.0233. The van der Waals surface area contributed by atoms with Crippen molar-refractivity contribution in [1.82, 2.24) is 9.97 Å². The average Bonchev–Trinajstić information content (AvgIpc) is 2.18. The molecule has 0 saturated heterocycles. The molecule has 0 aliphatic rings. The second-order valence-corrected chi connectivity index (χ2v) is 4.83. The zero-order valence-corrected chi connectivity index (χ0v) is 11.5. The van der Waals surface area contributed by atoms with E-state index in [9.17, 15) is 0 Å². The Bertz CT molecular complexity index is 378. The largest absolute Gasteiger partial charge is 0.370 e. The first kappa shape index (κ1) is 12.8. The number of hydrogen-bond donors (Lipinski definition) is 1. The third-order valence-electron chi connectivity index (χ3n) is 2.00. The maximum absolute atomic E-state index is 5.63. The maximum Gasteiger partial charge on any atom is 0.136 e. The summed E-state index contributed by atoms with van der Waals surface area (Å²) in [5, 5.41) is 0. The second-order valence-electron chi connectivity index (χ2n) is 3.57. The molecule has 5 heteroatoms. The van der Waals surface area contributed by atoms with Crippen molar-refractivity contribution in [2.75, 3.05) is 6.61 Å². The summed E-state index contributed by atoms with van der Waals surface area (Å²) in [7, 11) is 0. The monoisotopic (exact) mass is 290 g/mol. The Hall–Kier alpha value is -0.260. The summed E-state index contributed by atoms with van der Waals surface area (Å²) in [5.74, 6) is 1.16. The number of ether oxygens (including phenoxy) is 1. The van der Waals surface area contributed by atoms with Gasteiger partial charge >= 0.3 is 0 Å². The number of nitrogens with one attached hydrogen (secondary N) is 1. The van der Waals surface area contributed by atoms with Crippen LogP contribution < -0.4 is 0 Å². The van der Waals surface area contributed by atoms with Crippen LogP contribution in [0.4, 0.5) is 0 Å². The molecule has 84 valence electrons. The van der Waals surface area contributed by atoms with Gasteiger partial charge in [-0.25, -0.2) is 4.98 Å². The topological polar surface area (TPSA) is 37.9 Å². The van der Waals surface area contributed by atoms with Crippen LogP contribution in [-0.4, -0.2) is 16.6 Å². The molecule has 1 N–H and O–H groups in total. The predicted molar refractivity (Wildman–Crippen MR) is 66.3 cm³/mol. The molecule has 1 aromatic rings. The fourth-order valence-electron chi connectivity index (χ4n) is 1.30. The number of nitrogens with zero attached hydrogens (tertiary/aromatic N) is 1. The van der Waals surface area contributed by atoms with Crippen molar-refractivity contribution in [3.05, 3.63) is 21.1 Å². The number of halogens is 1. The van der Waals surface area contributed by atoms with E-state index in [2.05, 4.69) is 39.7 Å². The van der Waals surface area contributed by atoms with Crippen molar-refractivity contribution < 1.29 is 4.74 Å². The summed E-state index contributed by atoms with van der Waals surface area (Å²) in [6, 6.07) is 0. The lowest BCUT2D eigenvalue weighted by molar-refractivity contribution is 0.0231. The van der Waals surface area contributed by atoms with E-state index in [0.717, 1.165) is 10.3 Å². The number of H-pyrrole nitrogens is 1. The van der Waals surface area contributed by atoms with Gasteiger partial charge in [-0.2, -0.15) is 0 Å². The molecule has 0 fully saturated rings. The van der Waals surface area contributed by atoms with Gasteiger partial charge in [-0.15, -0.1) is 0 Å². The molecule has 0 spiro atoms. The molecule has 0 saturated carbocycles. The third kappa shape index (κ3) is 3.36. The van der Waals surface area contributed by atoms with E-state index in [1.54, 1.807) is 6.20 Å². The predicted octanol–water partition coefficient (Wildman–Crippen LogP) is 3.64. The molecular formula is C10H15BrN2OS. The Kier molecular flexibility index (Phi) is 4.89. The summed E-state index contributed by atoms with van der Waals surface area (Å²) in [4.78, 5) is 7.36. The molecule has 0 aromatic carbocycles. The van der Waals surface area contributed by atoms with E-state index in [1.165, 1.54) is 0 Å². The molecule has 1 rings (SSSR count). The molecule has 0 aliphatic heterocycles. The summed E-state index contributed by atoms with van der Waals surface area (Å²) in [6.07, 6.45) is 1.69. The summed E-state index contributed by atoms with van der Waals surface area (Å²) < 4.78 is 7.09. The van der Waals surface area contributed by atoms with Gasteiger partial charge in [-0.3, -0.25) is 0 Å². The molecule has 0 bridgehead atoms. The van der Waals surface area contributed by atoms with E-state index < -0.39 is 0 Å². The zero-order chi connectivity index (χ0) is 11.4. The fraction of sp³-hybridized carbons (Fsp3) is 0.600. The SMILES string of the molecule is CCOC(c1ncc(Br)c(=S)[nH]1)C(C)C. The highest BCUT2D eigenvalue weighted by Crippen LogP contribution is 2.23. The molecule has 1 unspecified atom stereocenters. The molecule has 0 amide bonds. The van der Waals surface area contributed by atoms with Crippen LogP contribution >= 0.6 is 28.1 Å². The second kappa shape index (κ2) is 5.72. The van der Waals surface area contributed by atoms with Gasteiger partial charge in [0.1, 0.15) is 16.6 Å². The summed E-state index contributed by atoms with van der Waals surface area (Å²) >= 11 is 8.45. The van der Waals surface area contributed by atoms with E-state index in [-0.39, 0.29) is 6.10 Å². The van der Waals surface area contributed by atoms with Crippen molar-refractivity contribution in [2.45, 2.75) is 26.9 Å².